The van der Waals surface area contributed by atoms with Crippen LogP contribution in [0.3, 0.4) is 0 Å². The highest BCUT2D eigenvalue weighted by Crippen LogP contribution is 2.56. The molecule has 3 fully saturated rings. The molecule has 1 amide bonds. The van der Waals surface area contributed by atoms with Crippen LogP contribution >= 0.6 is 0 Å². The van der Waals surface area contributed by atoms with Crippen molar-refractivity contribution < 1.29 is 14.6 Å². The summed E-state index contributed by atoms with van der Waals surface area (Å²) in [6.07, 6.45) is 6.00. The molecule has 2 N–H and O–H groups in total. The Bertz CT molecular complexity index is 979. The van der Waals surface area contributed by atoms with E-state index in [0.717, 1.165) is 68.3 Å². The first kappa shape index (κ1) is 17.4. The van der Waals surface area contributed by atoms with Crippen molar-refractivity contribution in [1.29, 1.82) is 0 Å². The molecule has 2 saturated heterocycles. The van der Waals surface area contributed by atoms with E-state index < -0.39 is 0 Å². The SMILES string of the molecule is O=C1NCc2nc(N3CCC4C[C@]43CO)cc(-n3ccc(C4CCOCC4)n3)c21. The van der Waals surface area contributed by atoms with Crippen LogP contribution in [0.15, 0.2) is 18.3 Å². The number of nitrogens with zero attached hydrogens (tertiary/aromatic N) is 4. The van der Waals surface area contributed by atoms with Crippen LogP contribution in [-0.2, 0) is 11.3 Å². The smallest absolute Gasteiger partial charge is 0.255 e. The summed E-state index contributed by atoms with van der Waals surface area (Å²) in [4.78, 5) is 19.6. The molecule has 1 unspecified atom stereocenters. The molecule has 0 radical (unpaired) electrons. The standard InChI is InChI=1S/C21H25N5O3/c27-12-21-10-14(21)1-5-25(21)18-9-17(19-16(23-18)11-22-20(19)28)26-6-2-15(24-26)13-3-7-29-8-4-13/h2,6,9,13-14,27H,1,3-5,7-8,10-12H2,(H,22,28)/t14?,21-/m0/s1. The van der Waals surface area contributed by atoms with Crippen molar-refractivity contribution in [3.63, 3.8) is 0 Å². The van der Waals surface area contributed by atoms with Crippen LogP contribution in [0.5, 0.6) is 0 Å². The Morgan fingerprint density at radius 3 is 2.97 bits per heavy atom. The molecule has 6 rings (SSSR count). The molecule has 2 aromatic rings. The molecule has 8 heteroatoms. The molecule has 0 aromatic carbocycles. The fourth-order valence-electron chi connectivity index (χ4n) is 5.40. The average molecular weight is 395 g/mol. The first-order valence-corrected chi connectivity index (χ1v) is 10.5. The number of rotatable bonds is 4. The lowest BCUT2D eigenvalue weighted by Crippen LogP contribution is -2.38. The van der Waals surface area contributed by atoms with Gasteiger partial charge in [-0.05, 0) is 37.7 Å². The van der Waals surface area contributed by atoms with Gasteiger partial charge in [0.25, 0.3) is 5.91 Å². The number of anilines is 1. The Labute approximate surface area is 168 Å². The Kier molecular flexibility index (Phi) is 3.77. The van der Waals surface area contributed by atoms with Crippen molar-refractivity contribution in [3.8, 4) is 5.69 Å². The second-order valence-electron chi connectivity index (χ2n) is 8.68. The summed E-state index contributed by atoms with van der Waals surface area (Å²) in [5.74, 6) is 1.69. The summed E-state index contributed by atoms with van der Waals surface area (Å²) in [5.41, 5.74) is 3.04. The largest absolute Gasteiger partial charge is 0.394 e. The number of ether oxygens (including phenoxy) is 1. The maximum Gasteiger partial charge on any atom is 0.255 e. The molecule has 1 saturated carbocycles. The number of fused-ring (bicyclic) bond motifs is 2. The number of aromatic nitrogens is 3. The minimum absolute atomic E-state index is 0.0974. The molecule has 3 aliphatic heterocycles. The molecular weight excluding hydrogens is 370 g/mol. The number of piperidine rings is 1. The molecule has 8 nitrogen and oxygen atoms in total. The highest BCUT2D eigenvalue weighted by atomic mass is 16.5. The molecule has 2 aromatic heterocycles. The minimum atomic E-state index is -0.161. The molecular formula is C21H25N5O3. The fourth-order valence-corrected chi connectivity index (χ4v) is 5.40. The zero-order chi connectivity index (χ0) is 19.6. The third kappa shape index (κ3) is 2.55. The predicted octanol–water partition coefficient (Wildman–Crippen LogP) is 1.37. The molecule has 4 aliphatic rings. The Balaban J connectivity index is 1.42. The normalized spacial score (nSPS) is 28.4. The van der Waals surface area contributed by atoms with E-state index in [-0.39, 0.29) is 18.1 Å². The zero-order valence-electron chi connectivity index (χ0n) is 16.3. The molecule has 1 aliphatic carbocycles. The molecule has 5 heterocycles. The van der Waals surface area contributed by atoms with E-state index in [0.29, 0.717) is 23.9 Å². The fraction of sp³-hybridized carbons (Fsp3) is 0.571. The Morgan fingerprint density at radius 1 is 1.31 bits per heavy atom. The molecule has 2 atom stereocenters. The summed E-state index contributed by atoms with van der Waals surface area (Å²) < 4.78 is 7.30. The van der Waals surface area contributed by atoms with Crippen molar-refractivity contribution in [1.82, 2.24) is 20.1 Å². The number of aliphatic hydroxyl groups is 1. The lowest BCUT2D eigenvalue weighted by molar-refractivity contribution is 0.0844. The van der Waals surface area contributed by atoms with Crippen molar-refractivity contribution in [2.75, 3.05) is 31.3 Å². The second kappa shape index (κ2) is 6.27. The number of carbonyl (C=O) groups is 1. The third-order valence-electron chi connectivity index (χ3n) is 7.19. The predicted molar refractivity (Wildman–Crippen MR) is 105 cm³/mol. The average Bonchev–Trinajstić information content (AvgIpc) is 3.12. The summed E-state index contributed by atoms with van der Waals surface area (Å²) in [5, 5.41) is 17.7. The van der Waals surface area contributed by atoms with Gasteiger partial charge in [0.15, 0.2) is 0 Å². The van der Waals surface area contributed by atoms with E-state index >= 15 is 0 Å². The van der Waals surface area contributed by atoms with Crippen LogP contribution in [0.1, 0.15) is 53.3 Å². The van der Waals surface area contributed by atoms with Crippen LogP contribution in [0.4, 0.5) is 5.82 Å². The van der Waals surface area contributed by atoms with Crippen LogP contribution in [-0.4, -0.2) is 57.7 Å². The Hall–Kier alpha value is -2.45. The maximum atomic E-state index is 12.5. The maximum absolute atomic E-state index is 12.5. The lowest BCUT2D eigenvalue weighted by Gasteiger charge is -2.29. The van der Waals surface area contributed by atoms with Gasteiger partial charge in [-0.15, -0.1) is 0 Å². The van der Waals surface area contributed by atoms with Gasteiger partial charge in [0, 0.05) is 37.9 Å². The topological polar surface area (TPSA) is 92.5 Å². The van der Waals surface area contributed by atoms with Crippen LogP contribution in [0.2, 0.25) is 0 Å². The number of amides is 1. The number of carbonyl (C=O) groups excluding carboxylic acids is 1. The van der Waals surface area contributed by atoms with Crippen LogP contribution in [0, 0.1) is 5.92 Å². The molecule has 29 heavy (non-hydrogen) atoms. The van der Waals surface area contributed by atoms with E-state index in [4.69, 9.17) is 14.8 Å². The van der Waals surface area contributed by atoms with Crippen molar-refractivity contribution in [3.05, 3.63) is 35.3 Å². The van der Waals surface area contributed by atoms with Crippen LogP contribution in [0.25, 0.3) is 5.69 Å². The first-order valence-electron chi connectivity index (χ1n) is 10.5. The van der Waals surface area contributed by atoms with Gasteiger partial charge in [0.2, 0.25) is 0 Å². The van der Waals surface area contributed by atoms with E-state index in [9.17, 15) is 9.90 Å². The molecule has 0 spiro atoms. The number of hydrogen-bond acceptors (Lipinski definition) is 6. The van der Waals surface area contributed by atoms with Gasteiger partial charge >= 0.3 is 0 Å². The summed E-state index contributed by atoms with van der Waals surface area (Å²) in [6, 6.07) is 4.03. The van der Waals surface area contributed by atoms with E-state index in [1.54, 1.807) is 0 Å². The summed E-state index contributed by atoms with van der Waals surface area (Å²) in [7, 11) is 0. The summed E-state index contributed by atoms with van der Waals surface area (Å²) in [6.45, 7) is 3.03. The van der Waals surface area contributed by atoms with Gasteiger partial charge in [-0.2, -0.15) is 5.10 Å². The van der Waals surface area contributed by atoms with Crippen molar-refractivity contribution in [2.45, 2.75) is 43.7 Å². The molecule has 0 bridgehead atoms. The number of pyridine rings is 1. The van der Waals surface area contributed by atoms with Gasteiger partial charge in [-0.25, -0.2) is 9.67 Å². The first-order chi connectivity index (χ1) is 14.2. The second-order valence-corrected chi connectivity index (χ2v) is 8.68. The van der Waals surface area contributed by atoms with Crippen molar-refractivity contribution >= 4 is 11.7 Å². The van der Waals surface area contributed by atoms with Gasteiger partial charge in [0.05, 0.1) is 41.3 Å². The number of nitrogens with one attached hydrogen (secondary N) is 1. The quantitative estimate of drug-likeness (QED) is 0.812. The van der Waals surface area contributed by atoms with Crippen molar-refractivity contribution in [2.24, 2.45) is 5.92 Å². The lowest BCUT2D eigenvalue weighted by atomic mass is 9.97. The van der Waals surface area contributed by atoms with Gasteiger partial charge in [-0.3, -0.25) is 4.79 Å². The van der Waals surface area contributed by atoms with Gasteiger partial charge < -0.3 is 20.1 Å². The van der Waals surface area contributed by atoms with E-state index in [1.807, 2.05) is 16.9 Å². The minimum Gasteiger partial charge on any atom is -0.394 e. The monoisotopic (exact) mass is 395 g/mol. The van der Waals surface area contributed by atoms with Gasteiger partial charge in [-0.1, -0.05) is 0 Å². The number of hydrogen-bond donors (Lipinski definition) is 2. The van der Waals surface area contributed by atoms with E-state index in [2.05, 4.69) is 16.3 Å². The van der Waals surface area contributed by atoms with Gasteiger partial charge in [0.1, 0.15) is 5.82 Å². The molecule has 152 valence electrons. The Morgan fingerprint density at radius 2 is 2.17 bits per heavy atom. The van der Waals surface area contributed by atoms with E-state index in [1.165, 1.54) is 0 Å². The summed E-state index contributed by atoms with van der Waals surface area (Å²) >= 11 is 0. The van der Waals surface area contributed by atoms with Crippen LogP contribution < -0.4 is 10.2 Å². The zero-order valence-corrected chi connectivity index (χ0v) is 16.3. The number of aliphatic hydroxyl groups excluding tert-OH is 1. The highest BCUT2D eigenvalue weighted by Gasteiger charge is 2.62. The third-order valence-corrected chi connectivity index (χ3v) is 7.19. The highest BCUT2D eigenvalue weighted by molar-refractivity contribution is 6.01.